The van der Waals surface area contributed by atoms with Crippen molar-refractivity contribution in [3.63, 3.8) is 0 Å². The third kappa shape index (κ3) is 3.18. The first-order valence-electron chi connectivity index (χ1n) is 11.3. The van der Waals surface area contributed by atoms with Crippen LogP contribution in [0.2, 0.25) is 5.02 Å². The Morgan fingerprint density at radius 1 is 1.16 bits per heavy atom. The molecule has 3 aromatic rings. The van der Waals surface area contributed by atoms with E-state index in [9.17, 15) is 4.79 Å². The molecule has 8 heteroatoms. The molecule has 1 amide bonds. The van der Waals surface area contributed by atoms with E-state index in [0.29, 0.717) is 41.5 Å². The van der Waals surface area contributed by atoms with Crippen LogP contribution in [0.4, 0.5) is 0 Å². The maximum Gasteiger partial charge on any atom is 0.258 e. The van der Waals surface area contributed by atoms with Gasteiger partial charge >= 0.3 is 0 Å². The molecular formula is C24H26ClN5O2. The quantitative estimate of drug-likeness (QED) is 0.655. The molecule has 0 aliphatic carbocycles. The maximum absolute atomic E-state index is 13.5. The molecule has 2 aromatic heterocycles. The Hall–Kier alpha value is -2.64. The van der Waals surface area contributed by atoms with E-state index in [2.05, 4.69) is 10.3 Å². The van der Waals surface area contributed by atoms with E-state index in [1.54, 1.807) is 4.52 Å². The Morgan fingerprint density at radius 2 is 1.91 bits per heavy atom. The Kier molecular flexibility index (Phi) is 4.66. The minimum absolute atomic E-state index is 0.0314. The van der Waals surface area contributed by atoms with Crippen molar-refractivity contribution in [3.05, 3.63) is 57.5 Å². The molecule has 0 spiro atoms. The molecule has 3 aliphatic rings. The number of nitrogens with one attached hydrogen (secondary N) is 1. The van der Waals surface area contributed by atoms with E-state index >= 15 is 0 Å². The van der Waals surface area contributed by atoms with Gasteiger partial charge in [-0.25, -0.2) is 9.50 Å². The number of hydrogen-bond acceptors (Lipinski definition) is 5. The van der Waals surface area contributed by atoms with Crippen LogP contribution in [0.3, 0.4) is 0 Å². The Bertz CT molecular complexity index is 1230. The molecule has 0 radical (unpaired) electrons. The highest BCUT2D eigenvalue weighted by atomic mass is 35.5. The minimum Gasteiger partial charge on any atom is -0.489 e. The molecular weight excluding hydrogens is 426 g/mol. The largest absolute Gasteiger partial charge is 0.489 e. The molecule has 1 aromatic carbocycles. The minimum atomic E-state index is -0.0314. The van der Waals surface area contributed by atoms with E-state index < -0.39 is 0 Å². The summed E-state index contributed by atoms with van der Waals surface area (Å²) >= 11 is 6.35. The van der Waals surface area contributed by atoms with Crippen LogP contribution >= 0.6 is 11.6 Å². The Morgan fingerprint density at radius 3 is 2.69 bits per heavy atom. The number of piperidine rings is 1. The number of benzene rings is 1. The van der Waals surface area contributed by atoms with Crippen molar-refractivity contribution >= 4 is 23.2 Å². The van der Waals surface area contributed by atoms with E-state index in [-0.39, 0.29) is 12.0 Å². The number of aromatic nitrogens is 3. The van der Waals surface area contributed by atoms with Gasteiger partial charge in [0.2, 0.25) is 0 Å². The van der Waals surface area contributed by atoms with Crippen molar-refractivity contribution in [2.24, 2.45) is 0 Å². The molecule has 7 nitrogen and oxygen atoms in total. The van der Waals surface area contributed by atoms with Crippen LogP contribution in [0.25, 0.3) is 5.65 Å². The number of ether oxygens (including phenoxy) is 1. The van der Waals surface area contributed by atoms with Crippen LogP contribution in [0.5, 0.6) is 5.75 Å². The average molecular weight is 452 g/mol. The van der Waals surface area contributed by atoms with Gasteiger partial charge in [0, 0.05) is 17.6 Å². The van der Waals surface area contributed by atoms with Gasteiger partial charge in [0.1, 0.15) is 11.9 Å². The Labute approximate surface area is 191 Å². The monoisotopic (exact) mass is 451 g/mol. The summed E-state index contributed by atoms with van der Waals surface area (Å²) in [6.45, 7) is 4.78. The summed E-state index contributed by atoms with van der Waals surface area (Å²) in [5, 5.41) is 8.97. The number of hydrogen-bond donors (Lipinski definition) is 1. The summed E-state index contributed by atoms with van der Waals surface area (Å²) in [5.74, 6) is 0.648. The average Bonchev–Trinajstić information content (AvgIpc) is 3.45. The first-order chi connectivity index (χ1) is 15.5. The molecule has 2 fully saturated rings. The molecule has 32 heavy (non-hydrogen) atoms. The summed E-state index contributed by atoms with van der Waals surface area (Å²) in [6, 6.07) is 8.70. The van der Waals surface area contributed by atoms with Gasteiger partial charge in [-0.1, -0.05) is 23.7 Å². The zero-order chi connectivity index (χ0) is 22.0. The van der Waals surface area contributed by atoms with Crippen molar-refractivity contribution in [2.75, 3.05) is 0 Å². The van der Waals surface area contributed by atoms with Gasteiger partial charge in [-0.05, 0) is 51.7 Å². The van der Waals surface area contributed by atoms with E-state index in [1.807, 2.05) is 43.0 Å². The van der Waals surface area contributed by atoms with Gasteiger partial charge < -0.3 is 15.0 Å². The maximum atomic E-state index is 13.5. The van der Waals surface area contributed by atoms with Crippen LogP contribution < -0.4 is 10.1 Å². The third-order valence-electron chi connectivity index (χ3n) is 7.08. The molecule has 1 N–H and O–H groups in total. The third-order valence-corrected chi connectivity index (χ3v) is 7.63. The highest BCUT2D eigenvalue weighted by molar-refractivity contribution is 6.31. The van der Waals surface area contributed by atoms with E-state index in [0.717, 1.165) is 41.1 Å². The van der Waals surface area contributed by atoms with Crippen molar-refractivity contribution in [3.8, 4) is 5.75 Å². The fourth-order valence-corrected chi connectivity index (χ4v) is 5.58. The number of fused-ring (bicyclic) bond motifs is 5. The lowest BCUT2D eigenvalue weighted by molar-refractivity contribution is 0.0737. The fourth-order valence-electron chi connectivity index (χ4n) is 5.45. The first-order valence-corrected chi connectivity index (χ1v) is 11.7. The molecule has 6 rings (SSSR count). The number of carbonyl (C=O) groups excluding carboxylic acids is 1. The van der Waals surface area contributed by atoms with Crippen molar-refractivity contribution in [2.45, 2.75) is 70.8 Å². The molecule has 1 unspecified atom stereocenters. The lowest BCUT2D eigenvalue weighted by atomic mass is 10.0. The fraction of sp³-hybridized carbons (Fsp3) is 0.458. The molecule has 3 aliphatic heterocycles. The zero-order valence-electron chi connectivity index (χ0n) is 18.3. The van der Waals surface area contributed by atoms with Crippen LogP contribution in [-0.4, -0.2) is 43.6 Å². The SMILES string of the molecule is Cc1nc2c3c(nn2c(C)c1Cl)CN(C(=O)c1ccccc1OC1C[C@H]2CC[C@@H](C1)N2)C3. The van der Waals surface area contributed by atoms with Crippen LogP contribution in [-0.2, 0) is 13.1 Å². The molecule has 166 valence electrons. The summed E-state index contributed by atoms with van der Waals surface area (Å²) in [4.78, 5) is 20.0. The molecule has 3 atom stereocenters. The summed E-state index contributed by atoms with van der Waals surface area (Å²) in [5.41, 5.74) is 4.92. The number of carbonyl (C=O) groups is 1. The second kappa shape index (κ2) is 7.46. The molecule has 5 heterocycles. The highest BCUT2D eigenvalue weighted by Gasteiger charge is 2.36. The lowest BCUT2D eigenvalue weighted by Gasteiger charge is -2.30. The topological polar surface area (TPSA) is 71.8 Å². The second-order valence-electron chi connectivity index (χ2n) is 9.26. The van der Waals surface area contributed by atoms with E-state index in [4.69, 9.17) is 21.4 Å². The standard InChI is InChI=1S/C24H26ClN5O2/c1-13-22(25)14(2)30-23(26-13)19-11-29(12-20(19)28-30)24(31)18-5-3-4-6-21(18)32-17-9-15-7-8-16(10-17)27-15/h3-6,15-17,27H,7-12H2,1-2H3/t15-,16+,17?. The zero-order valence-corrected chi connectivity index (χ0v) is 19.0. The predicted octanol–water partition coefficient (Wildman–Crippen LogP) is 3.82. The lowest BCUT2D eigenvalue weighted by Crippen LogP contribution is -2.42. The molecule has 2 bridgehead atoms. The van der Waals surface area contributed by atoms with Crippen LogP contribution in [0.1, 0.15) is 58.7 Å². The second-order valence-corrected chi connectivity index (χ2v) is 9.64. The van der Waals surface area contributed by atoms with Crippen molar-refractivity contribution in [1.82, 2.24) is 24.8 Å². The number of rotatable bonds is 3. The first kappa shape index (κ1) is 20.0. The Balaban J connectivity index is 1.25. The van der Waals surface area contributed by atoms with Gasteiger partial charge in [-0.3, -0.25) is 4.79 Å². The van der Waals surface area contributed by atoms with Gasteiger partial charge in [0.25, 0.3) is 5.91 Å². The van der Waals surface area contributed by atoms with Gasteiger partial charge in [0.15, 0.2) is 5.65 Å². The van der Waals surface area contributed by atoms with E-state index in [1.165, 1.54) is 12.8 Å². The summed E-state index contributed by atoms with van der Waals surface area (Å²) in [6.07, 6.45) is 4.59. The smallest absolute Gasteiger partial charge is 0.258 e. The number of para-hydroxylation sites is 1. The number of amides is 1. The normalized spacial score (nSPS) is 24.2. The number of nitrogens with zero attached hydrogens (tertiary/aromatic N) is 4. The number of aryl methyl sites for hydroxylation is 2. The van der Waals surface area contributed by atoms with Crippen molar-refractivity contribution < 1.29 is 9.53 Å². The number of halogens is 1. The summed E-state index contributed by atoms with van der Waals surface area (Å²) in [7, 11) is 0. The van der Waals surface area contributed by atoms with Crippen LogP contribution in [0.15, 0.2) is 24.3 Å². The molecule has 0 saturated carbocycles. The summed E-state index contributed by atoms with van der Waals surface area (Å²) < 4.78 is 8.18. The predicted molar refractivity (Wildman–Crippen MR) is 121 cm³/mol. The highest BCUT2D eigenvalue weighted by Crippen LogP contribution is 2.33. The van der Waals surface area contributed by atoms with Gasteiger partial charge in [0.05, 0.1) is 40.8 Å². The molecule has 2 saturated heterocycles. The van der Waals surface area contributed by atoms with Gasteiger partial charge in [-0.2, -0.15) is 5.10 Å². The van der Waals surface area contributed by atoms with Gasteiger partial charge in [-0.15, -0.1) is 0 Å². The van der Waals surface area contributed by atoms with Crippen molar-refractivity contribution in [1.29, 1.82) is 0 Å². The van der Waals surface area contributed by atoms with Crippen LogP contribution in [0, 0.1) is 13.8 Å².